The zero-order valence-corrected chi connectivity index (χ0v) is 9.30. The average molecular weight is 217 g/mol. The van der Waals surface area contributed by atoms with Gasteiger partial charge in [-0.2, -0.15) is 0 Å². The first kappa shape index (κ1) is 10.6. The number of nitrogens with two attached hydrogens (primary N) is 1. The topological polar surface area (TPSA) is 69.6 Å². The summed E-state index contributed by atoms with van der Waals surface area (Å²) in [6.45, 7) is 2.84. The molecule has 0 saturated heterocycles. The molecule has 0 unspecified atom stereocenters. The van der Waals surface area contributed by atoms with Gasteiger partial charge < -0.3 is 5.73 Å². The van der Waals surface area contributed by atoms with E-state index in [1.807, 2.05) is 16.9 Å². The molecule has 0 fully saturated rings. The maximum atomic E-state index is 5.71. The number of nitrogens with zero attached hydrogens (tertiary/aromatic N) is 4. The van der Waals surface area contributed by atoms with E-state index in [1.54, 1.807) is 6.20 Å². The van der Waals surface area contributed by atoms with Crippen molar-refractivity contribution in [3.63, 3.8) is 0 Å². The molecule has 2 heterocycles. The standard InChI is InChI=1S/C11H15N5/c1-2-10-11(12)14-15-16(10)7-5-9-4-3-6-13-8-9/h3-4,6,8H,2,5,7,12H2,1H3. The summed E-state index contributed by atoms with van der Waals surface area (Å²) in [4.78, 5) is 4.07. The zero-order valence-electron chi connectivity index (χ0n) is 9.30. The Hall–Kier alpha value is -1.91. The number of hydrogen-bond acceptors (Lipinski definition) is 4. The van der Waals surface area contributed by atoms with E-state index >= 15 is 0 Å². The molecule has 16 heavy (non-hydrogen) atoms. The van der Waals surface area contributed by atoms with Gasteiger partial charge in [0.15, 0.2) is 5.82 Å². The molecule has 5 heteroatoms. The summed E-state index contributed by atoms with van der Waals surface area (Å²) in [6, 6.07) is 3.99. The van der Waals surface area contributed by atoms with Crippen molar-refractivity contribution in [1.29, 1.82) is 0 Å². The number of aryl methyl sites for hydroxylation is 2. The summed E-state index contributed by atoms with van der Waals surface area (Å²) in [5, 5.41) is 7.90. The van der Waals surface area contributed by atoms with E-state index in [1.165, 1.54) is 5.56 Å². The highest BCUT2D eigenvalue weighted by molar-refractivity contribution is 5.32. The minimum absolute atomic E-state index is 0.536. The third kappa shape index (κ3) is 2.18. The van der Waals surface area contributed by atoms with E-state index in [4.69, 9.17) is 5.73 Å². The van der Waals surface area contributed by atoms with Crippen molar-refractivity contribution in [2.75, 3.05) is 5.73 Å². The fraction of sp³-hybridized carbons (Fsp3) is 0.364. The third-order valence-corrected chi connectivity index (χ3v) is 2.54. The van der Waals surface area contributed by atoms with Gasteiger partial charge in [0.2, 0.25) is 0 Å². The maximum absolute atomic E-state index is 5.71. The van der Waals surface area contributed by atoms with Crippen molar-refractivity contribution in [1.82, 2.24) is 20.0 Å². The van der Waals surface area contributed by atoms with Crippen LogP contribution < -0.4 is 5.73 Å². The second kappa shape index (κ2) is 4.74. The SMILES string of the molecule is CCc1c(N)nnn1CCc1cccnc1. The van der Waals surface area contributed by atoms with Gasteiger partial charge in [0.25, 0.3) is 0 Å². The van der Waals surface area contributed by atoms with E-state index in [0.717, 1.165) is 25.1 Å². The van der Waals surface area contributed by atoms with Gasteiger partial charge in [-0.1, -0.05) is 18.2 Å². The van der Waals surface area contributed by atoms with Crippen molar-refractivity contribution in [3.8, 4) is 0 Å². The predicted octanol–water partition coefficient (Wildman–Crippen LogP) is 1.06. The maximum Gasteiger partial charge on any atom is 0.169 e. The first-order valence-electron chi connectivity index (χ1n) is 5.38. The Kier molecular flexibility index (Phi) is 3.14. The fourth-order valence-corrected chi connectivity index (χ4v) is 1.67. The Balaban J connectivity index is 2.05. The van der Waals surface area contributed by atoms with Crippen molar-refractivity contribution in [2.24, 2.45) is 0 Å². The normalized spacial score (nSPS) is 10.6. The van der Waals surface area contributed by atoms with Crippen molar-refractivity contribution in [2.45, 2.75) is 26.3 Å². The Morgan fingerprint density at radius 1 is 1.44 bits per heavy atom. The van der Waals surface area contributed by atoms with Crippen LogP contribution in [0.25, 0.3) is 0 Å². The number of pyridine rings is 1. The van der Waals surface area contributed by atoms with E-state index in [2.05, 4.69) is 28.3 Å². The van der Waals surface area contributed by atoms with Crippen LogP contribution in [-0.4, -0.2) is 20.0 Å². The zero-order chi connectivity index (χ0) is 11.4. The Labute approximate surface area is 94.3 Å². The highest BCUT2D eigenvalue weighted by atomic mass is 15.4. The van der Waals surface area contributed by atoms with Gasteiger partial charge in [-0.3, -0.25) is 4.98 Å². The highest BCUT2D eigenvalue weighted by Gasteiger charge is 2.07. The molecule has 0 atom stereocenters. The fourth-order valence-electron chi connectivity index (χ4n) is 1.67. The van der Waals surface area contributed by atoms with Crippen molar-refractivity contribution >= 4 is 5.82 Å². The summed E-state index contributed by atoms with van der Waals surface area (Å²) in [6.07, 6.45) is 5.38. The highest BCUT2D eigenvalue weighted by Crippen LogP contribution is 2.09. The monoisotopic (exact) mass is 217 g/mol. The minimum Gasteiger partial charge on any atom is -0.381 e. The molecular weight excluding hydrogens is 202 g/mol. The van der Waals surface area contributed by atoms with E-state index in [-0.39, 0.29) is 0 Å². The second-order valence-corrected chi connectivity index (χ2v) is 3.61. The van der Waals surface area contributed by atoms with Gasteiger partial charge >= 0.3 is 0 Å². The quantitative estimate of drug-likeness (QED) is 0.831. The number of nitrogen functional groups attached to an aromatic ring is 1. The van der Waals surface area contributed by atoms with E-state index in [0.29, 0.717) is 5.82 Å². The number of hydrogen-bond donors (Lipinski definition) is 1. The van der Waals surface area contributed by atoms with Crippen molar-refractivity contribution < 1.29 is 0 Å². The molecule has 0 amide bonds. The van der Waals surface area contributed by atoms with Crippen molar-refractivity contribution in [3.05, 3.63) is 35.8 Å². The van der Waals surface area contributed by atoms with Crippen LogP contribution in [0.1, 0.15) is 18.2 Å². The molecular formula is C11H15N5. The lowest BCUT2D eigenvalue weighted by Crippen LogP contribution is -2.07. The minimum atomic E-state index is 0.536. The molecule has 0 radical (unpaired) electrons. The number of rotatable bonds is 4. The van der Waals surface area contributed by atoms with E-state index in [9.17, 15) is 0 Å². The lowest BCUT2D eigenvalue weighted by Gasteiger charge is -2.04. The molecule has 2 aromatic heterocycles. The molecule has 0 aliphatic carbocycles. The molecule has 0 aliphatic heterocycles. The second-order valence-electron chi connectivity index (χ2n) is 3.61. The summed E-state index contributed by atoms with van der Waals surface area (Å²) >= 11 is 0. The third-order valence-electron chi connectivity index (χ3n) is 2.54. The Morgan fingerprint density at radius 3 is 3.00 bits per heavy atom. The molecule has 0 aliphatic rings. The van der Waals surface area contributed by atoms with Gasteiger partial charge in [-0.05, 0) is 24.5 Å². The van der Waals surface area contributed by atoms with Crippen LogP contribution in [0, 0.1) is 0 Å². The number of anilines is 1. The van der Waals surface area contributed by atoms with Gasteiger partial charge in [-0.25, -0.2) is 4.68 Å². The van der Waals surface area contributed by atoms with Crippen LogP contribution in [0.2, 0.25) is 0 Å². The number of aromatic nitrogens is 4. The van der Waals surface area contributed by atoms with Crippen LogP contribution in [0.15, 0.2) is 24.5 Å². The molecule has 0 saturated carbocycles. The van der Waals surface area contributed by atoms with Crippen LogP contribution in [0.4, 0.5) is 5.82 Å². The predicted molar refractivity (Wildman–Crippen MR) is 61.8 cm³/mol. The van der Waals surface area contributed by atoms with Gasteiger partial charge in [0, 0.05) is 18.9 Å². The first-order chi connectivity index (χ1) is 7.81. The largest absolute Gasteiger partial charge is 0.381 e. The van der Waals surface area contributed by atoms with Crippen LogP contribution in [-0.2, 0) is 19.4 Å². The molecule has 5 nitrogen and oxygen atoms in total. The van der Waals surface area contributed by atoms with Gasteiger partial charge in [0.05, 0.1) is 5.69 Å². The lowest BCUT2D eigenvalue weighted by atomic mass is 10.2. The summed E-state index contributed by atoms with van der Waals surface area (Å²) in [7, 11) is 0. The van der Waals surface area contributed by atoms with E-state index < -0.39 is 0 Å². The Morgan fingerprint density at radius 2 is 2.31 bits per heavy atom. The summed E-state index contributed by atoms with van der Waals surface area (Å²) in [5.74, 6) is 0.536. The van der Waals surface area contributed by atoms with Crippen LogP contribution in [0.5, 0.6) is 0 Å². The molecule has 2 N–H and O–H groups in total. The molecule has 84 valence electrons. The van der Waals surface area contributed by atoms with Gasteiger partial charge in [0.1, 0.15) is 0 Å². The summed E-state index contributed by atoms with van der Waals surface area (Å²) in [5.41, 5.74) is 7.91. The molecule has 0 spiro atoms. The van der Waals surface area contributed by atoms with Crippen LogP contribution >= 0.6 is 0 Å². The lowest BCUT2D eigenvalue weighted by molar-refractivity contribution is 0.566. The van der Waals surface area contributed by atoms with Gasteiger partial charge in [-0.15, -0.1) is 5.10 Å². The first-order valence-corrected chi connectivity index (χ1v) is 5.38. The average Bonchev–Trinajstić information content (AvgIpc) is 2.68. The molecule has 0 aromatic carbocycles. The molecule has 2 aromatic rings. The van der Waals surface area contributed by atoms with Crippen LogP contribution in [0.3, 0.4) is 0 Å². The Bertz CT molecular complexity index is 449. The smallest absolute Gasteiger partial charge is 0.169 e. The molecule has 0 bridgehead atoms. The molecule has 2 rings (SSSR count). The summed E-state index contributed by atoms with van der Waals surface area (Å²) < 4.78 is 1.86.